The fourth-order valence-corrected chi connectivity index (χ4v) is 3.94. The number of rotatable bonds is 27. The molecule has 4 nitrogen and oxygen atoms in total. The van der Waals surface area contributed by atoms with Gasteiger partial charge in [-0.25, -0.2) is 4.79 Å². The number of hydrogen-bond donors (Lipinski definition) is 2. The van der Waals surface area contributed by atoms with Gasteiger partial charge in [0.1, 0.15) is 0 Å². The van der Waals surface area contributed by atoms with E-state index in [-0.39, 0.29) is 0 Å². The molecule has 0 saturated carbocycles. The van der Waals surface area contributed by atoms with Crippen LogP contribution in [0.15, 0.2) is 109 Å². The van der Waals surface area contributed by atoms with Crippen LogP contribution in [0.2, 0.25) is 0 Å². The Morgan fingerprint density at radius 2 is 0.886 bits per heavy atom. The van der Waals surface area contributed by atoms with Gasteiger partial charge in [0.2, 0.25) is 0 Å². The number of carboxylic acid groups (broad SMARTS) is 2. The first kappa shape index (κ1) is 42.7. The second-order valence-corrected chi connectivity index (χ2v) is 10.6. The van der Waals surface area contributed by atoms with Crippen LogP contribution in [0, 0.1) is 0 Å². The average molecular weight is 607 g/mol. The number of hydrogen-bond acceptors (Lipinski definition) is 2. The Hall–Kier alpha value is -3.40. The molecule has 0 saturated heterocycles. The SMILES string of the molecule is CC/C=C\C/C=C\C/C=C\CCCCCCCC(=O)O.CCCCCCCCC/C=C/C=C/C=C/C=C/C=C/C=C/C(=O)O. The fraction of sp³-hybridized carbons (Fsp3) is 0.500. The van der Waals surface area contributed by atoms with Crippen LogP contribution in [0.4, 0.5) is 0 Å². The van der Waals surface area contributed by atoms with Gasteiger partial charge in [0, 0.05) is 12.5 Å². The molecule has 44 heavy (non-hydrogen) atoms. The Balaban J connectivity index is 0. The molecule has 0 aliphatic rings. The molecule has 0 heterocycles. The van der Waals surface area contributed by atoms with E-state index in [4.69, 9.17) is 10.2 Å². The zero-order chi connectivity index (χ0) is 32.6. The maximum absolute atomic E-state index is 10.3. The molecule has 246 valence electrons. The highest BCUT2D eigenvalue weighted by Crippen LogP contribution is 2.09. The largest absolute Gasteiger partial charge is 0.481 e. The molecule has 0 spiro atoms. The molecule has 0 rings (SSSR count). The van der Waals surface area contributed by atoms with Crippen molar-refractivity contribution in [2.45, 2.75) is 129 Å². The van der Waals surface area contributed by atoms with Crippen LogP contribution >= 0.6 is 0 Å². The summed E-state index contributed by atoms with van der Waals surface area (Å²) in [4.78, 5) is 20.5. The lowest BCUT2D eigenvalue weighted by molar-refractivity contribution is -0.137. The first-order valence-electron chi connectivity index (χ1n) is 16.9. The van der Waals surface area contributed by atoms with E-state index in [1.165, 1.54) is 63.9 Å². The number of unbranched alkanes of at least 4 members (excludes halogenated alkanes) is 12. The molecule has 0 fully saturated rings. The van der Waals surface area contributed by atoms with Crippen LogP contribution in [-0.2, 0) is 9.59 Å². The number of carboxylic acids is 2. The molecule has 0 aromatic carbocycles. The summed E-state index contributed by atoms with van der Waals surface area (Å²) in [5.41, 5.74) is 0. The molecule has 0 unspecified atom stereocenters. The fourth-order valence-electron chi connectivity index (χ4n) is 3.94. The van der Waals surface area contributed by atoms with E-state index in [1.807, 2.05) is 36.5 Å². The van der Waals surface area contributed by atoms with Crippen LogP contribution in [0.3, 0.4) is 0 Å². The maximum Gasteiger partial charge on any atom is 0.328 e. The molecule has 0 aliphatic heterocycles. The smallest absolute Gasteiger partial charge is 0.328 e. The van der Waals surface area contributed by atoms with Gasteiger partial charge in [-0.1, -0.05) is 175 Å². The van der Waals surface area contributed by atoms with E-state index in [1.54, 1.807) is 12.2 Å². The molecule has 4 heteroatoms. The van der Waals surface area contributed by atoms with Gasteiger partial charge < -0.3 is 10.2 Å². The predicted molar refractivity (Wildman–Crippen MR) is 192 cm³/mol. The minimum absolute atomic E-state index is 0.319. The van der Waals surface area contributed by atoms with Crippen LogP contribution < -0.4 is 0 Å². The lowest BCUT2D eigenvalue weighted by Gasteiger charge is -1.98. The van der Waals surface area contributed by atoms with Crippen molar-refractivity contribution in [3.63, 3.8) is 0 Å². The summed E-state index contributed by atoms with van der Waals surface area (Å²) >= 11 is 0. The van der Waals surface area contributed by atoms with E-state index < -0.39 is 11.9 Å². The van der Waals surface area contributed by atoms with Crippen molar-refractivity contribution in [1.82, 2.24) is 0 Å². The topological polar surface area (TPSA) is 74.6 Å². The lowest BCUT2D eigenvalue weighted by Crippen LogP contribution is -1.93. The van der Waals surface area contributed by atoms with Gasteiger partial charge >= 0.3 is 11.9 Å². The zero-order valence-corrected chi connectivity index (χ0v) is 27.8. The highest BCUT2D eigenvalue weighted by atomic mass is 16.4. The van der Waals surface area contributed by atoms with Crippen LogP contribution in [0.25, 0.3) is 0 Å². The lowest BCUT2D eigenvalue weighted by atomic mass is 10.1. The predicted octanol–water partition coefficient (Wildman–Crippen LogP) is 12.2. The molecule has 0 aromatic rings. The van der Waals surface area contributed by atoms with Gasteiger partial charge in [0.25, 0.3) is 0 Å². The van der Waals surface area contributed by atoms with Crippen molar-refractivity contribution in [2.24, 2.45) is 0 Å². The Morgan fingerprint density at radius 1 is 0.455 bits per heavy atom. The van der Waals surface area contributed by atoms with Crippen LogP contribution in [0.5, 0.6) is 0 Å². The summed E-state index contributed by atoms with van der Waals surface area (Å²) in [6.45, 7) is 4.40. The summed E-state index contributed by atoms with van der Waals surface area (Å²) in [7, 11) is 0. The van der Waals surface area contributed by atoms with Crippen molar-refractivity contribution in [1.29, 1.82) is 0 Å². The number of aliphatic carboxylic acids is 2. The summed E-state index contributed by atoms with van der Waals surface area (Å²) in [5.74, 6) is -1.61. The number of allylic oxidation sites excluding steroid dienone is 17. The van der Waals surface area contributed by atoms with E-state index >= 15 is 0 Å². The van der Waals surface area contributed by atoms with Crippen molar-refractivity contribution in [3.8, 4) is 0 Å². The third-order valence-corrected chi connectivity index (χ3v) is 6.39. The Morgan fingerprint density at radius 3 is 1.41 bits per heavy atom. The van der Waals surface area contributed by atoms with Gasteiger partial charge in [0.05, 0.1) is 0 Å². The molecule has 2 N–H and O–H groups in total. The second kappa shape index (κ2) is 39.6. The molecular formula is C40H62O4. The summed E-state index contributed by atoms with van der Waals surface area (Å²) in [5, 5.41) is 16.9. The molecule has 0 amide bonds. The molecule has 0 aromatic heterocycles. The van der Waals surface area contributed by atoms with E-state index in [0.29, 0.717) is 6.42 Å². The first-order valence-corrected chi connectivity index (χ1v) is 16.9. The maximum atomic E-state index is 10.3. The first-order chi connectivity index (χ1) is 21.5. The summed E-state index contributed by atoms with van der Waals surface area (Å²) < 4.78 is 0. The Kier molecular flexibility index (Phi) is 38.5. The van der Waals surface area contributed by atoms with Crippen molar-refractivity contribution in [3.05, 3.63) is 109 Å². The summed E-state index contributed by atoms with van der Waals surface area (Å²) in [6, 6.07) is 0. The van der Waals surface area contributed by atoms with Gasteiger partial charge in [-0.2, -0.15) is 0 Å². The second-order valence-electron chi connectivity index (χ2n) is 10.6. The zero-order valence-electron chi connectivity index (χ0n) is 27.8. The quantitative estimate of drug-likeness (QED) is 0.0422. The molecule has 0 aliphatic carbocycles. The van der Waals surface area contributed by atoms with E-state index in [2.05, 4.69) is 62.5 Å². The monoisotopic (exact) mass is 606 g/mol. The van der Waals surface area contributed by atoms with Crippen LogP contribution in [-0.4, -0.2) is 22.2 Å². The highest BCUT2D eigenvalue weighted by molar-refractivity contribution is 5.80. The van der Waals surface area contributed by atoms with Gasteiger partial charge in [-0.05, 0) is 51.4 Å². The molecule has 0 atom stereocenters. The standard InChI is InChI=1S/C22H32O2.C18H30O2/c1-2-3-4-5-6-7-8-9-10-11-12-13-14-15-16-17-18-19-20-21-22(23)24;1-2-3-4-5-6-7-8-9-10-11-12-13-14-15-16-17-18(19)20/h10-21H,2-9H2,1H3,(H,23,24);3-4,6-7,9-10H,2,5,8,11-17H2,1H3,(H,19,20)/b11-10+,13-12+,15-14+,17-16+,19-18+,21-20+;4-3-,7-6-,10-9-. The van der Waals surface area contributed by atoms with E-state index in [9.17, 15) is 9.59 Å². The van der Waals surface area contributed by atoms with Crippen molar-refractivity contribution >= 4 is 11.9 Å². The normalized spacial score (nSPS) is 12.6. The molecular weight excluding hydrogens is 544 g/mol. The van der Waals surface area contributed by atoms with Crippen molar-refractivity contribution < 1.29 is 19.8 Å². The summed E-state index contributed by atoms with van der Waals surface area (Å²) in [6.07, 6.45) is 56.1. The minimum atomic E-state index is -0.936. The highest BCUT2D eigenvalue weighted by Gasteiger charge is 1.95. The third-order valence-electron chi connectivity index (χ3n) is 6.39. The molecule has 0 radical (unpaired) electrons. The average Bonchev–Trinajstić information content (AvgIpc) is 3.00. The minimum Gasteiger partial charge on any atom is -0.481 e. The van der Waals surface area contributed by atoms with Crippen molar-refractivity contribution in [2.75, 3.05) is 0 Å². The Bertz CT molecular complexity index is 910. The van der Waals surface area contributed by atoms with Gasteiger partial charge in [0.15, 0.2) is 0 Å². The molecule has 0 bridgehead atoms. The van der Waals surface area contributed by atoms with Gasteiger partial charge in [-0.3, -0.25) is 4.79 Å². The van der Waals surface area contributed by atoms with E-state index in [0.717, 1.165) is 57.4 Å². The Labute approximate surface area is 270 Å². The number of carbonyl (C=O) groups is 2. The van der Waals surface area contributed by atoms with Gasteiger partial charge in [-0.15, -0.1) is 0 Å². The van der Waals surface area contributed by atoms with Crippen LogP contribution in [0.1, 0.15) is 129 Å². The third kappa shape index (κ3) is 45.6.